The van der Waals surface area contributed by atoms with Gasteiger partial charge in [-0.3, -0.25) is 0 Å². The number of rotatable bonds is 3. The van der Waals surface area contributed by atoms with Gasteiger partial charge < -0.3 is 5.11 Å². The van der Waals surface area contributed by atoms with Crippen LogP contribution >= 0.6 is 0 Å². The van der Waals surface area contributed by atoms with Crippen LogP contribution in [0.2, 0.25) is 0 Å². The van der Waals surface area contributed by atoms with Crippen LogP contribution in [-0.2, 0) is 0 Å². The summed E-state index contributed by atoms with van der Waals surface area (Å²) in [6.07, 6.45) is 0. The molecule has 0 spiro atoms. The van der Waals surface area contributed by atoms with Gasteiger partial charge in [-0.25, -0.2) is 14.5 Å². The van der Waals surface area contributed by atoms with E-state index in [4.69, 9.17) is 5.11 Å². The van der Waals surface area contributed by atoms with Gasteiger partial charge in [0.05, 0.1) is 11.3 Å². The Morgan fingerprint density at radius 1 is 1.32 bits per heavy atom. The Morgan fingerprint density at radius 2 is 2.00 bits per heavy atom. The molecule has 5 nitrogen and oxygen atoms in total. The molecule has 0 saturated carbocycles. The molecule has 0 amide bonds. The van der Waals surface area contributed by atoms with Crippen LogP contribution in [0.5, 0.6) is 0 Å². The molecular weight excluding hydrogens is 242 g/mol. The van der Waals surface area contributed by atoms with Crippen LogP contribution < -0.4 is 0 Å². The summed E-state index contributed by atoms with van der Waals surface area (Å²) in [5.41, 5.74) is 2.01. The zero-order chi connectivity index (χ0) is 14.2. The number of carboxylic acid groups (broad SMARTS) is 1. The first-order valence-electron chi connectivity index (χ1n) is 6.18. The van der Waals surface area contributed by atoms with Gasteiger partial charge in [0.2, 0.25) is 0 Å². The summed E-state index contributed by atoms with van der Waals surface area (Å²) in [5.74, 6) is 0.931. The molecule has 5 heteroatoms. The van der Waals surface area contributed by atoms with Gasteiger partial charge in [-0.1, -0.05) is 13.8 Å². The lowest BCUT2D eigenvalue weighted by molar-refractivity contribution is 0.0697. The molecule has 100 valence electrons. The van der Waals surface area contributed by atoms with Crippen molar-refractivity contribution in [2.75, 3.05) is 0 Å². The van der Waals surface area contributed by atoms with E-state index in [0.29, 0.717) is 0 Å². The highest BCUT2D eigenvalue weighted by Crippen LogP contribution is 2.19. The Bertz CT molecular complexity index is 630. The van der Waals surface area contributed by atoms with E-state index in [1.54, 1.807) is 22.9 Å². The molecule has 0 aliphatic rings. The highest BCUT2D eigenvalue weighted by Gasteiger charge is 2.13. The molecule has 0 unspecified atom stereocenters. The van der Waals surface area contributed by atoms with Crippen molar-refractivity contribution < 1.29 is 9.90 Å². The van der Waals surface area contributed by atoms with Crippen LogP contribution in [0.4, 0.5) is 0 Å². The minimum atomic E-state index is -0.923. The van der Waals surface area contributed by atoms with Gasteiger partial charge in [-0.05, 0) is 37.6 Å². The highest BCUT2D eigenvalue weighted by molar-refractivity contribution is 5.88. The molecule has 1 aromatic heterocycles. The first-order chi connectivity index (χ1) is 8.90. The maximum absolute atomic E-state index is 10.9. The van der Waals surface area contributed by atoms with Gasteiger partial charge >= 0.3 is 5.97 Å². The first kappa shape index (κ1) is 13.3. The Labute approximate surface area is 111 Å². The summed E-state index contributed by atoms with van der Waals surface area (Å²) in [7, 11) is 0. The molecule has 1 aromatic carbocycles. The minimum absolute atomic E-state index is 0.263. The van der Waals surface area contributed by atoms with E-state index in [0.717, 1.165) is 22.9 Å². The van der Waals surface area contributed by atoms with E-state index in [9.17, 15) is 4.79 Å². The van der Waals surface area contributed by atoms with Gasteiger partial charge in [0.1, 0.15) is 5.82 Å². The lowest BCUT2D eigenvalue weighted by Crippen LogP contribution is -2.04. The number of carboxylic acids is 1. The normalized spacial score (nSPS) is 11.0. The number of hydrogen-bond acceptors (Lipinski definition) is 3. The smallest absolute Gasteiger partial charge is 0.335 e. The van der Waals surface area contributed by atoms with E-state index in [2.05, 4.69) is 10.1 Å². The molecule has 0 fully saturated rings. The Hall–Kier alpha value is -2.17. The summed E-state index contributed by atoms with van der Waals surface area (Å²) in [4.78, 5) is 15.3. The third-order valence-electron chi connectivity index (χ3n) is 2.97. The van der Waals surface area contributed by atoms with Gasteiger partial charge in [0, 0.05) is 5.92 Å². The van der Waals surface area contributed by atoms with Crippen molar-refractivity contribution >= 4 is 5.97 Å². The highest BCUT2D eigenvalue weighted by atomic mass is 16.4. The molecular formula is C14H17N3O2. The van der Waals surface area contributed by atoms with Gasteiger partial charge in [-0.15, -0.1) is 0 Å². The molecule has 1 heterocycles. The molecule has 19 heavy (non-hydrogen) atoms. The average Bonchev–Trinajstić information content (AvgIpc) is 2.71. The third-order valence-corrected chi connectivity index (χ3v) is 2.97. The second-order valence-corrected chi connectivity index (χ2v) is 4.89. The lowest BCUT2D eigenvalue weighted by atomic mass is 10.1. The molecule has 0 saturated heterocycles. The number of aryl methyl sites for hydroxylation is 2. The van der Waals surface area contributed by atoms with Gasteiger partial charge in [0.25, 0.3) is 0 Å². The number of aromatic carboxylic acids is 1. The van der Waals surface area contributed by atoms with Crippen molar-refractivity contribution in [3.8, 4) is 5.69 Å². The van der Waals surface area contributed by atoms with Crippen LogP contribution in [-0.4, -0.2) is 25.8 Å². The summed E-state index contributed by atoms with van der Waals surface area (Å²) in [6.45, 7) is 7.85. The van der Waals surface area contributed by atoms with E-state index in [-0.39, 0.29) is 11.5 Å². The van der Waals surface area contributed by atoms with Crippen LogP contribution in [0.3, 0.4) is 0 Å². The van der Waals surface area contributed by atoms with E-state index in [1.165, 1.54) is 0 Å². The second-order valence-electron chi connectivity index (χ2n) is 4.89. The van der Waals surface area contributed by atoms with Crippen LogP contribution in [0.15, 0.2) is 18.2 Å². The molecule has 1 N–H and O–H groups in total. The molecule has 0 aliphatic carbocycles. The van der Waals surface area contributed by atoms with Crippen molar-refractivity contribution in [1.29, 1.82) is 0 Å². The van der Waals surface area contributed by atoms with Crippen molar-refractivity contribution in [2.24, 2.45) is 0 Å². The average molecular weight is 259 g/mol. The number of hydrogen-bond donors (Lipinski definition) is 1. The molecule has 0 aliphatic heterocycles. The summed E-state index contributed by atoms with van der Waals surface area (Å²) < 4.78 is 1.76. The number of benzene rings is 1. The standard InChI is InChI=1S/C14H17N3O2/c1-8(2)13-15-10(4)17(16-13)12-6-5-11(14(18)19)7-9(12)3/h5-8H,1-4H3,(H,18,19). The van der Waals surface area contributed by atoms with E-state index < -0.39 is 5.97 Å². The van der Waals surface area contributed by atoms with Crippen molar-refractivity contribution in [3.63, 3.8) is 0 Å². The predicted molar refractivity (Wildman–Crippen MR) is 71.9 cm³/mol. The third kappa shape index (κ3) is 2.50. The quantitative estimate of drug-likeness (QED) is 0.920. The minimum Gasteiger partial charge on any atom is -0.478 e. The molecule has 0 bridgehead atoms. The first-order valence-corrected chi connectivity index (χ1v) is 6.18. The molecule has 0 atom stereocenters. The van der Waals surface area contributed by atoms with Crippen molar-refractivity contribution in [3.05, 3.63) is 41.0 Å². The summed E-state index contributed by atoms with van der Waals surface area (Å²) in [5, 5.41) is 13.4. The number of nitrogens with zero attached hydrogens (tertiary/aromatic N) is 3. The Kier molecular flexibility index (Phi) is 3.38. The van der Waals surface area contributed by atoms with Crippen LogP contribution in [0, 0.1) is 13.8 Å². The zero-order valence-electron chi connectivity index (χ0n) is 11.5. The summed E-state index contributed by atoms with van der Waals surface area (Å²) >= 11 is 0. The zero-order valence-corrected chi connectivity index (χ0v) is 11.5. The van der Waals surface area contributed by atoms with E-state index >= 15 is 0 Å². The van der Waals surface area contributed by atoms with Gasteiger partial charge in [0.15, 0.2) is 5.82 Å². The fourth-order valence-corrected chi connectivity index (χ4v) is 1.91. The monoisotopic (exact) mass is 259 g/mol. The molecule has 2 aromatic rings. The maximum atomic E-state index is 10.9. The van der Waals surface area contributed by atoms with Crippen LogP contribution in [0.1, 0.15) is 47.3 Å². The number of aromatic nitrogens is 3. The van der Waals surface area contributed by atoms with Crippen LogP contribution in [0.25, 0.3) is 5.69 Å². The SMILES string of the molecule is Cc1cc(C(=O)O)ccc1-n1nc(C(C)C)nc1C. The topological polar surface area (TPSA) is 68.0 Å². The van der Waals surface area contributed by atoms with Crippen molar-refractivity contribution in [2.45, 2.75) is 33.6 Å². The number of carbonyl (C=O) groups is 1. The lowest BCUT2D eigenvalue weighted by Gasteiger charge is -2.08. The van der Waals surface area contributed by atoms with Gasteiger partial charge in [-0.2, -0.15) is 5.10 Å². The predicted octanol–water partition coefficient (Wildman–Crippen LogP) is 2.71. The fraction of sp³-hybridized carbons (Fsp3) is 0.357. The fourth-order valence-electron chi connectivity index (χ4n) is 1.91. The largest absolute Gasteiger partial charge is 0.478 e. The van der Waals surface area contributed by atoms with E-state index in [1.807, 2.05) is 27.7 Å². The molecule has 0 radical (unpaired) electrons. The maximum Gasteiger partial charge on any atom is 0.335 e. The Balaban J connectivity index is 2.50. The second kappa shape index (κ2) is 4.84. The van der Waals surface area contributed by atoms with Crippen molar-refractivity contribution in [1.82, 2.24) is 14.8 Å². The summed E-state index contributed by atoms with van der Waals surface area (Å²) in [6, 6.07) is 5.00. The molecule has 2 rings (SSSR count). The Morgan fingerprint density at radius 3 is 2.47 bits per heavy atom.